The summed E-state index contributed by atoms with van der Waals surface area (Å²) in [5.41, 5.74) is 6.95. The second-order valence-electron chi connectivity index (χ2n) is 6.04. The molecule has 1 nitrogen and oxygen atoms in total. The topological polar surface area (TPSA) is 12.0 Å². The van der Waals surface area contributed by atoms with Gasteiger partial charge in [-0.2, -0.15) is 0 Å². The van der Waals surface area contributed by atoms with E-state index in [9.17, 15) is 0 Å². The van der Waals surface area contributed by atoms with Crippen LogP contribution in [0.2, 0.25) is 0 Å². The fraction of sp³-hybridized carbons (Fsp3) is 0.400. The molecule has 0 aliphatic carbocycles. The Kier molecular flexibility index (Phi) is 5.58. The quantitative estimate of drug-likeness (QED) is 0.819. The van der Waals surface area contributed by atoms with Crippen LogP contribution in [0, 0.1) is 20.8 Å². The summed E-state index contributed by atoms with van der Waals surface area (Å²) in [5, 5.41) is 3.51. The molecule has 0 aliphatic heterocycles. The third-order valence-electron chi connectivity index (χ3n) is 4.24. The lowest BCUT2D eigenvalue weighted by atomic mass is 9.90. The van der Waals surface area contributed by atoms with Gasteiger partial charge in [0, 0.05) is 12.5 Å². The highest BCUT2D eigenvalue weighted by Crippen LogP contribution is 2.22. The lowest BCUT2D eigenvalue weighted by molar-refractivity contribution is 0.594. The molecule has 0 radical (unpaired) electrons. The Morgan fingerprint density at radius 1 is 0.905 bits per heavy atom. The molecule has 1 atom stereocenters. The maximum Gasteiger partial charge on any atom is 0.00232 e. The lowest BCUT2D eigenvalue weighted by Crippen LogP contribution is -2.22. The van der Waals surface area contributed by atoms with Gasteiger partial charge in [-0.15, -0.1) is 0 Å². The standard InChI is InChI=1S/C20H27N/c1-5-21-14-20(19-10-6-15(2)7-11-19)13-18-9-8-16(3)17(4)12-18/h6-12,20-21H,5,13-14H2,1-4H3. The molecule has 0 aliphatic rings. The number of aryl methyl sites for hydroxylation is 3. The van der Waals surface area contributed by atoms with Crippen molar-refractivity contribution in [3.63, 3.8) is 0 Å². The molecule has 0 aromatic heterocycles. The van der Waals surface area contributed by atoms with E-state index in [1.54, 1.807) is 0 Å². The summed E-state index contributed by atoms with van der Waals surface area (Å²) in [6.07, 6.45) is 1.09. The van der Waals surface area contributed by atoms with Gasteiger partial charge < -0.3 is 5.32 Å². The first-order valence-electron chi connectivity index (χ1n) is 7.93. The third-order valence-corrected chi connectivity index (χ3v) is 4.24. The Hall–Kier alpha value is -1.60. The van der Waals surface area contributed by atoms with Gasteiger partial charge >= 0.3 is 0 Å². The molecule has 0 heterocycles. The third kappa shape index (κ3) is 4.44. The van der Waals surface area contributed by atoms with E-state index >= 15 is 0 Å². The van der Waals surface area contributed by atoms with Gasteiger partial charge in [-0.25, -0.2) is 0 Å². The summed E-state index contributed by atoms with van der Waals surface area (Å²) < 4.78 is 0. The van der Waals surface area contributed by atoms with Gasteiger partial charge in [0.15, 0.2) is 0 Å². The van der Waals surface area contributed by atoms with E-state index in [4.69, 9.17) is 0 Å². The first-order valence-corrected chi connectivity index (χ1v) is 7.93. The molecular weight excluding hydrogens is 254 g/mol. The molecule has 0 saturated heterocycles. The Morgan fingerprint density at radius 3 is 2.24 bits per heavy atom. The minimum Gasteiger partial charge on any atom is -0.316 e. The van der Waals surface area contributed by atoms with Crippen LogP contribution in [0.5, 0.6) is 0 Å². The predicted octanol–water partition coefficient (Wildman–Crippen LogP) is 4.55. The predicted molar refractivity (Wildman–Crippen MR) is 92.1 cm³/mol. The van der Waals surface area contributed by atoms with Gasteiger partial charge in [0.25, 0.3) is 0 Å². The monoisotopic (exact) mass is 281 g/mol. The Balaban J connectivity index is 2.19. The molecular formula is C20H27N. The number of nitrogens with one attached hydrogen (secondary N) is 1. The Bertz CT molecular complexity index is 569. The Labute approximate surface area is 129 Å². The highest BCUT2D eigenvalue weighted by molar-refractivity contribution is 5.32. The smallest absolute Gasteiger partial charge is 0.00232 e. The molecule has 1 heteroatoms. The normalized spacial score (nSPS) is 12.4. The first kappa shape index (κ1) is 15.8. The van der Waals surface area contributed by atoms with Crippen LogP contribution in [-0.2, 0) is 6.42 Å². The minimum absolute atomic E-state index is 0.535. The Morgan fingerprint density at radius 2 is 1.62 bits per heavy atom. The van der Waals surface area contributed by atoms with Crippen LogP contribution in [-0.4, -0.2) is 13.1 Å². The van der Waals surface area contributed by atoms with Crippen LogP contribution in [0.25, 0.3) is 0 Å². The minimum atomic E-state index is 0.535. The van der Waals surface area contributed by atoms with Crippen molar-refractivity contribution in [1.82, 2.24) is 5.32 Å². The molecule has 0 saturated carbocycles. The van der Waals surface area contributed by atoms with Crippen molar-refractivity contribution >= 4 is 0 Å². The number of likely N-dealkylation sites (N-methyl/N-ethyl adjacent to an activating group) is 1. The largest absolute Gasteiger partial charge is 0.316 e. The zero-order chi connectivity index (χ0) is 15.2. The van der Waals surface area contributed by atoms with Gasteiger partial charge in [0.1, 0.15) is 0 Å². The van der Waals surface area contributed by atoms with Crippen molar-refractivity contribution in [2.24, 2.45) is 0 Å². The van der Waals surface area contributed by atoms with Gasteiger partial charge in [0.2, 0.25) is 0 Å². The molecule has 2 aromatic carbocycles. The van der Waals surface area contributed by atoms with Crippen molar-refractivity contribution in [2.45, 2.75) is 40.0 Å². The zero-order valence-corrected chi connectivity index (χ0v) is 13.7. The van der Waals surface area contributed by atoms with Crippen molar-refractivity contribution in [3.05, 3.63) is 70.3 Å². The average Bonchev–Trinajstić information content (AvgIpc) is 2.48. The van der Waals surface area contributed by atoms with Crippen LogP contribution in [0.15, 0.2) is 42.5 Å². The first-order chi connectivity index (χ1) is 10.1. The summed E-state index contributed by atoms with van der Waals surface area (Å²) in [6.45, 7) is 10.7. The fourth-order valence-corrected chi connectivity index (χ4v) is 2.68. The van der Waals surface area contributed by atoms with E-state index in [1.165, 1.54) is 27.8 Å². The summed E-state index contributed by atoms with van der Waals surface area (Å²) >= 11 is 0. The number of benzene rings is 2. The van der Waals surface area contributed by atoms with Gasteiger partial charge in [-0.3, -0.25) is 0 Å². The van der Waals surface area contributed by atoms with E-state index in [-0.39, 0.29) is 0 Å². The van der Waals surface area contributed by atoms with E-state index in [0.29, 0.717) is 5.92 Å². The molecule has 1 N–H and O–H groups in total. The van der Waals surface area contributed by atoms with Crippen LogP contribution < -0.4 is 5.32 Å². The molecule has 2 rings (SSSR count). The van der Waals surface area contributed by atoms with Crippen molar-refractivity contribution < 1.29 is 0 Å². The molecule has 2 aromatic rings. The fourth-order valence-electron chi connectivity index (χ4n) is 2.68. The molecule has 1 unspecified atom stereocenters. The zero-order valence-electron chi connectivity index (χ0n) is 13.7. The van der Waals surface area contributed by atoms with Crippen molar-refractivity contribution in [3.8, 4) is 0 Å². The van der Waals surface area contributed by atoms with Crippen LogP contribution in [0.4, 0.5) is 0 Å². The van der Waals surface area contributed by atoms with Crippen LogP contribution >= 0.6 is 0 Å². The molecule has 0 spiro atoms. The van der Waals surface area contributed by atoms with E-state index in [0.717, 1.165) is 19.5 Å². The summed E-state index contributed by atoms with van der Waals surface area (Å²) in [5.74, 6) is 0.535. The van der Waals surface area contributed by atoms with Crippen molar-refractivity contribution in [2.75, 3.05) is 13.1 Å². The second-order valence-corrected chi connectivity index (χ2v) is 6.04. The highest BCUT2D eigenvalue weighted by atomic mass is 14.8. The van der Waals surface area contributed by atoms with Gasteiger partial charge in [0.05, 0.1) is 0 Å². The second kappa shape index (κ2) is 7.42. The molecule has 21 heavy (non-hydrogen) atoms. The highest BCUT2D eigenvalue weighted by Gasteiger charge is 2.12. The van der Waals surface area contributed by atoms with E-state index < -0.39 is 0 Å². The van der Waals surface area contributed by atoms with Crippen molar-refractivity contribution in [1.29, 1.82) is 0 Å². The van der Waals surface area contributed by atoms with Gasteiger partial charge in [-0.05, 0) is 56.0 Å². The molecule has 0 bridgehead atoms. The SMILES string of the molecule is CCNCC(Cc1ccc(C)c(C)c1)c1ccc(C)cc1. The molecule has 0 amide bonds. The number of hydrogen-bond acceptors (Lipinski definition) is 1. The van der Waals surface area contributed by atoms with Crippen LogP contribution in [0.1, 0.15) is 40.7 Å². The molecule has 0 fully saturated rings. The average molecular weight is 281 g/mol. The van der Waals surface area contributed by atoms with E-state index in [2.05, 4.69) is 75.5 Å². The number of rotatable bonds is 6. The number of hydrogen-bond donors (Lipinski definition) is 1. The summed E-state index contributed by atoms with van der Waals surface area (Å²) in [7, 11) is 0. The van der Waals surface area contributed by atoms with Crippen LogP contribution in [0.3, 0.4) is 0 Å². The maximum absolute atomic E-state index is 3.51. The summed E-state index contributed by atoms with van der Waals surface area (Å²) in [6, 6.07) is 15.8. The lowest BCUT2D eigenvalue weighted by Gasteiger charge is -2.19. The summed E-state index contributed by atoms with van der Waals surface area (Å²) in [4.78, 5) is 0. The maximum atomic E-state index is 3.51. The molecule has 112 valence electrons. The van der Waals surface area contributed by atoms with Gasteiger partial charge in [-0.1, -0.05) is 55.0 Å². The van der Waals surface area contributed by atoms with E-state index in [1.807, 2.05) is 0 Å².